The van der Waals surface area contributed by atoms with Crippen molar-refractivity contribution in [3.05, 3.63) is 58.2 Å². The van der Waals surface area contributed by atoms with Crippen LogP contribution in [0.4, 0.5) is 4.39 Å². The standard InChI is InChI=1S/C22H27FN2O5/c1-12-17(20(27)24-11-16(26)30-22(3,4)5)19(14-8-7-9-15(23)10-14)18(13(2)25-12)21(28)29-6/h7-10,19,25H,11H2,1-6H3,(H,24,27). The number of carbonyl (C=O) groups is 3. The molecule has 0 aromatic heterocycles. The monoisotopic (exact) mass is 418 g/mol. The Balaban J connectivity index is 2.42. The first-order valence-electron chi connectivity index (χ1n) is 9.47. The van der Waals surface area contributed by atoms with E-state index in [1.807, 2.05) is 0 Å². The van der Waals surface area contributed by atoms with Crippen LogP contribution in [0.1, 0.15) is 46.1 Å². The molecule has 0 saturated heterocycles. The van der Waals surface area contributed by atoms with Gasteiger partial charge < -0.3 is 20.1 Å². The molecule has 0 aliphatic carbocycles. The van der Waals surface area contributed by atoms with Gasteiger partial charge in [0, 0.05) is 17.0 Å². The minimum atomic E-state index is -0.868. The Labute approximate surface area is 175 Å². The predicted octanol–water partition coefficient (Wildman–Crippen LogP) is 2.69. The maximum absolute atomic E-state index is 13.9. The maximum atomic E-state index is 13.9. The van der Waals surface area contributed by atoms with Crippen LogP contribution in [0.25, 0.3) is 0 Å². The van der Waals surface area contributed by atoms with Crippen molar-refractivity contribution in [2.75, 3.05) is 13.7 Å². The van der Waals surface area contributed by atoms with Crippen molar-refractivity contribution < 1.29 is 28.2 Å². The number of benzene rings is 1. The van der Waals surface area contributed by atoms with E-state index in [4.69, 9.17) is 9.47 Å². The molecule has 0 bridgehead atoms. The lowest BCUT2D eigenvalue weighted by Gasteiger charge is -2.30. The zero-order valence-corrected chi connectivity index (χ0v) is 18.0. The van der Waals surface area contributed by atoms with Gasteiger partial charge in [0.1, 0.15) is 18.0 Å². The molecule has 2 rings (SSSR count). The van der Waals surface area contributed by atoms with E-state index in [-0.39, 0.29) is 17.7 Å². The summed E-state index contributed by atoms with van der Waals surface area (Å²) in [5, 5.41) is 5.54. The summed E-state index contributed by atoms with van der Waals surface area (Å²) in [5.41, 5.74) is 1.09. The SMILES string of the molecule is COC(=O)C1=C(C)NC(C)=C(C(=O)NCC(=O)OC(C)(C)C)C1c1cccc(F)c1. The molecule has 1 unspecified atom stereocenters. The van der Waals surface area contributed by atoms with Gasteiger partial charge in [-0.2, -0.15) is 0 Å². The molecule has 8 heteroatoms. The first kappa shape index (κ1) is 23.1. The summed E-state index contributed by atoms with van der Waals surface area (Å²) in [4.78, 5) is 37.5. The van der Waals surface area contributed by atoms with Crippen LogP contribution in [0, 0.1) is 5.82 Å². The quantitative estimate of drug-likeness (QED) is 0.714. The van der Waals surface area contributed by atoms with Gasteiger partial charge in [0.15, 0.2) is 0 Å². The molecule has 0 spiro atoms. The molecule has 0 radical (unpaired) electrons. The molecule has 1 aromatic carbocycles. The molecule has 7 nitrogen and oxygen atoms in total. The fourth-order valence-corrected chi connectivity index (χ4v) is 3.32. The summed E-state index contributed by atoms with van der Waals surface area (Å²) >= 11 is 0. The van der Waals surface area contributed by atoms with E-state index in [1.165, 1.54) is 25.3 Å². The second kappa shape index (κ2) is 9.11. The van der Waals surface area contributed by atoms with Crippen molar-refractivity contribution in [2.45, 2.75) is 46.1 Å². The van der Waals surface area contributed by atoms with Gasteiger partial charge in [-0.05, 0) is 52.3 Å². The minimum Gasteiger partial charge on any atom is -0.466 e. The molecule has 30 heavy (non-hydrogen) atoms. The topological polar surface area (TPSA) is 93.7 Å². The first-order chi connectivity index (χ1) is 13.9. The summed E-state index contributed by atoms with van der Waals surface area (Å²) in [6.07, 6.45) is 0. The van der Waals surface area contributed by atoms with Crippen LogP contribution in [0.3, 0.4) is 0 Å². The third-order valence-corrected chi connectivity index (χ3v) is 4.41. The van der Waals surface area contributed by atoms with E-state index in [1.54, 1.807) is 40.7 Å². The van der Waals surface area contributed by atoms with E-state index < -0.39 is 35.2 Å². The summed E-state index contributed by atoms with van der Waals surface area (Å²) in [6, 6.07) is 5.67. The van der Waals surface area contributed by atoms with Gasteiger partial charge in [-0.1, -0.05) is 12.1 Å². The highest BCUT2D eigenvalue weighted by molar-refractivity contribution is 6.02. The molecular weight excluding hydrogens is 391 g/mol. The number of amides is 1. The van der Waals surface area contributed by atoms with Crippen LogP contribution in [-0.2, 0) is 23.9 Å². The first-order valence-corrected chi connectivity index (χ1v) is 9.47. The van der Waals surface area contributed by atoms with Gasteiger partial charge >= 0.3 is 11.9 Å². The summed E-state index contributed by atoms with van der Waals surface area (Å²) in [5.74, 6) is -3.18. The largest absolute Gasteiger partial charge is 0.466 e. The van der Waals surface area contributed by atoms with E-state index in [0.29, 0.717) is 17.0 Å². The highest BCUT2D eigenvalue weighted by atomic mass is 19.1. The van der Waals surface area contributed by atoms with E-state index in [9.17, 15) is 18.8 Å². The number of ether oxygens (including phenoxy) is 2. The Morgan fingerprint density at radius 1 is 1.13 bits per heavy atom. The Kier molecular flexibility index (Phi) is 7.02. The smallest absolute Gasteiger partial charge is 0.336 e. The lowest BCUT2D eigenvalue weighted by atomic mass is 9.80. The number of rotatable bonds is 5. The molecule has 1 aromatic rings. The zero-order valence-electron chi connectivity index (χ0n) is 18.0. The lowest BCUT2D eigenvalue weighted by Crippen LogP contribution is -2.39. The van der Waals surface area contributed by atoms with Gasteiger partial charge in [-0.3, -0.25) is 9.59 Å². The summed E-state index contributed by atoms with van der Waals surface area (Å²) in [6.45, 7) is 8.17. The lowest BCUT2D eigenvalue weighted by molar-refractivity contribution is -0.154. The molecule has 2 N–H and O–H groups in total. The molecule has 1 amide bonds. The van der Waals surface area contributed by atoms with Crippen LogP contribution < -0.4 is 10.6 Å². The average molecular weight is 418 g/mol. The third kappa shape index (κ3) is 5.46. The Morgan fingerprint density at radius 2 is 1.77 bits per heavy atom. The molecule has 1 heterocycles. The minimum absolute atomic E-state index is 0.190. The van der Waals surface area contributed by atoms with Gasteiger partial charge in [0.2, 0.25) is 5.91 Å². The van der Waals surface area contributed by atoms with Gasteiger partial charge in [-0.15, -0.1) is 0 Å². The molecule has 0 saturated carbocycles. The van der Waals surface area contributed by atoms with Gasteiger partial charge in [-0.25, -0.2) is 9.18 Å². The van der Waals surface area contributed by atoms with Crippen molar-refractivity contribution in [2.24, 2.45) is 0 Å². The second-order valence-corrected chi connectivity index (χ2v) is 7.95. The predicted molar refractivity (Wildman–Crippen MR) is 109 cm³/mol. The van der Waals surface area contributed by atoms with E-state index >= 15 is 0 Å². The average Bonchev–Trinajstić information content (AvgIpc) is 2.63. The van der Waals surface area contributed by atoms with E-state index in [2.05, 4.69) is 10.6 Å². The normalized spacial score (nSPS) is 16.7. The van der Waals surface area contributed by atoms with Crippen LogP contribution in [-0.4, -0.2) is 37.1 Å². The molecule has 1 aliphatic rings. The van der Waals surface area contributed by atoms with Gasteiger partial charge in [0.05, 0.1) is 18.6 Å². The van der Waals surface area contributed by atoms with Crippen molar-refractivity contribution in [3.8, 4) is 0 Å². The Hall–Kier alpha value is -3.16. The number of nitrogens with one attached hydrogen (secondary N) is 2. The summed E-state index contributed by atoms with van der Waals surface area (Å²) in [7, 11) is 1.23. The Morgan fingerprint density at radius 3 is 2.33 bits per heavy atom. The zero-order chi connectivity index (χ0) is 22.6. The van der Waals surface area contributed by atoms with Crippen LogP contribution in [0.2, 0.25) is 0 Å². The fourth-order valence-electron chi connectivity index (χ4n) is 3.32. The van der Waals surface area contributed by atoms with Crippen molar-refractivity contribution in [1.29, 1.82) is 0 Å². The molecule has 1 aliphatic heterocycles. The molecule has 1 atom stereocenters. The Bertz CT molecular complexity index is 928. The molecule has 162 valence electrons. The molecular formula is C22H27FN2O5. The number of methoxy groups -OCH3 is 1. The fraction of sp³-hybridized carbons (Fsp3) is 0.409. The van der Waals surface area contributed by atoms with Crippen molar-refractivity contribution in [3.63, 3.8) is 0 Å². The number of hydrogen-bond acceptors (Lipinski definition) is 6. The highest BCUT2D eigenvalue weighted by Crippen LogP contribution is 2.38. The van der Waals surface area contributed by atoms with Crippen molar-refractivity contribution >= 4 is 17.8 Å². The van der Waals surface area contributed by atoms with E-state index in [0.717, 1.165) is 0 Å². The summed E-state index contributed by atoms with van der Waals surface area (Å²) < 4.78 is 24.0. The van der Waals surface area contributed by atoms with Crippen LogP contribution in [0.15, 0.2) is 46.8 Å². The van der Waals surface area contributed by atoms with Crippen LogP contribution in [0.5, 0.6) is 0 Å². The number of halogens is 1. The number of esters is 2. The number of dihydropyridines is 1. The molecule has 0 fully saturated rings. The highest BCUT2D eigenvalue weighted by Gasteiger charge is 2.37. The number of allylic oxidation sites excluding steroid dienone is 2. The van der Waals surface area contributed by atoms with Gasteiger partial charge in [0.25, 0.3) is 0 Å². The maximum Gasteiger partial charge on any atom is 0.336 e. The number of carbonyl (C=O) groups excluding carboxylic acids is 3. The van der Waals surface area contributed by atoms with Crippen molar-refractivity contribution in [1.82, 2.24) is 10.6 Å². The second-order valence-electron chi connectivity index (χ2n) is 7.95. The van der Waals surface area contributed by atoms with Crippen LogP contribution >= 0.6 is 0 Å². The number of hydrogen-bond donors (Lipinski definition) is 2. The third-order valence-electron chi connectivity index (χ3n) is 4.41.